The minimum absolute atomic E-state index is 0.419. The van der Waals surface area contributed by atoms with Crippen LogP contribution in [0.15, 0.2) is 200 Å². The maximum atomic E-state index is 10.3. The highest BCUT2D eigenvalue weighted by Gasteiger charge is 2.22. The van der Waals surface area contributed by atoms with E-state index in [4.69, 9.17) is 0 Å². The first-order valence-corrected chi connectivity index (χ1v) is 21.1. The van der Waals surface area contributed by atoms with Crippen LogP contribution in [0.5, 0.6) is 0 Å². The summed E-state index contributed by atoms with van der Waals surface area (Å²) in [5.41, 5.74) is 14.2. The van der Waals surface area contributed by atoms with E-state index in [1.807, 2.05) is 42.5 Å². The third kappa shape index (κ3) is 6.41. The van der Waals surface area contributed by atoms with Crippen molar-refractivity contribution in [1.29, 1.82) is 21.0 Å². The van der Waals surface area contributed by atoms with E-state index in [2.05, 4.69) is 172 Å². The lowest BCUT2D eigenvalue weighted by Gasteiger charge is -2.26. The third-order valence-electron chi connectivity index (χ3n) is 12.3. The summed E-state index contributed by atoms with van der Waals surface area (Å²) in [5.74, 6) is 0. The van der Waals surface area contributed by atoms with E-state index < -0.39 is 0 Å². The summed E-state index contributed by atoms with van der Waals surface area (Å²) in [5, 5.41) is 43.8. The molecule has 0 aliphatic carbocycles. The van der Waals surface area contributed by atoms with Crippen molar-refractivity contribution in [1.82, 2.24) is 9.13 Å². The Morgan fingerprint density at radius 1 is 0.308 bits per heavy atom. The van der Waals surface area contributed by atoms with Crippen LogP contribution < -0.4 is 4.90 Å². The summed E-state index contributed by atoms with van der Waals surface area (Å²) in [6, 6.07) is 76.4. The Morgan fingerprint density at radius 2 is 0.692 bits per heavy atom. The van der Waals surface area contributed by atoms with Gasteiger partial charge in [0.2, 0.25) is 0 Å². The van der Waals surface area contributed by atoms with E-state index in [9.17, 15) is 21.0 Å². The first-order valence-electron chi connectivity index (χ1n) is 21.1. The van der Waals surface area contributed by atoms with Crippen molar-refractivity contribution in [2.24, 2.45) is 0 Å². The molecule has 9 aromatic carbocycles. The van der Waals surface area contributed by atoms with Gasteiger partial charge in [0.05, 0.1) is 67.8 Å². The average Bonchev–Trinajstić information content (AvgIpc) is 3.88. The quantitative estimate of drug-likeness (QED) is 0.159. The molecule has 2 aromatic heterocycles. The molecule has 0 fully saturated rings. The fourth-order valence-corrected chi connectivity index (χ4v) is 9.24. The van der Waals surface area contributed by atoms with Gasteiger partial charge in [0.25, 0.3) is 0 Å². The zero-order chi connectivity index (χ0) is 44.0. The normalized spacial score (nSPS) is 11.0. The summed E-state index contributed by atoms with van der Waals surface area (Å²) >= 11 is 0. The molecule has 0 radical (unpaired) electrons. The largest absolute Gasteiger partial charge is 0.310 e. The highest BCUT2D eigenvalue weighted by Crippen LogP contribution is 2.43. The second-order valence-corrected chi connectivity index (χ2v) is 15.8. The number of aromatic nitrogens is 2. The van der Waals surface area contributed by atoms with Gasteiger partial charge < -0.3 is 14.0 Å². The molecule has 0 amide bonds. The van der Waals surface area contributed by atoms with Crippen LogP contribution >= 0.6 is 0 Å². The van der Waals surface area contributed by atoms with Crippen LogP contribution in [0.4, 0.5) is 17.1 Å². The van der Waals surface area contributed by atoms with E-state index in [-0.39, 0.29) is 0 Å². The van der Waals surface area contributed by atoms with Crippen molar-refractivity contribution in [3.8, 4) is 57.9 Å². The molecule has 0 atom stereocenters. The monoisotopic (exact) mass is 827 g/mol. The second kappa shape index (κ2) is 15.7. The van der Waals surface area contributed by atoms with Gasteiger partial charge in [0.1, 0.15) is 12.1 Å². The van der Waals surface area contributed by atoms with E-state index in [1.54, 1.807) is 24.3 Å². The van der Waals surface area contributed by atoms with E-state index in [1.165, 1.54) is 5.56 Å². The van der Waals surface area contributed by atoms with Crippen molar-refractivity contribution in [2.45, 2.75) is 0 Å². The molecule has 7 nitrogen and oxygen atoms in total. The number of nitriles is 4. The van der Waals surface area contributed by atoms with Gasteiger partial charge in [0.15, 0.2) is 0 Å². The van der Waals surface area contributed by atoms with Gasteiger partial charge >= 0.3 is 0 Å². The molecule has 7 heteroatoms. The van der Waals surface area contributed by atoms with Crippen LogP contribution in [-0.4, -0.2) is 9.13 Å². The molecule has 65 heavy (non-hydrogen) atoms. The van der Waals surface area contributed by atoms with Gasteiger partial charge in [-0.1, -0.05) is 103 Å². The number of hydrogen-bond donors (Lipinski definition) is 0. The zero-order valence-corrected chi connectivity index (χ0v) is 34.7. The SMILES string of the molecule is N#Cc1ccc(-n2c3ccccc3c3cc(N(c4ccc(-c5ccc(-c6ccccc6)cc5)cc4)c4ccc5c(c4)c4ccccc4n5-c4ccc(C#N)cc4C#N)ccc32)c(C#N)c1. The molecular formula is C58H33N7. The molecule has 11 rings (SSSR count). The van der Waals surface area contributed by atoms with Crippen molar-refractivity contribution in [2.75, 3.05) is 4.90 Å². The van der Waals surface area contributed by atoms with Crippen LogP contribution in [-0.2, 0) is 0 Å². The van der Waals surface area contributed by atoms with Gasteiger partial charge in [-0.2, -0.15) is 21.0 Å². The topological polar surface area (TPSA) is 108 Å². The smallest absolute Gasteiger partial charge is 0.101 e. The Morgan fingerprint density at radius 3 is 1.14 bits per heavy atom. The number of anilines is 3. The first kappa shape index (κ1) is 38.3. The Kier molecular flexibility index (Phi) is 9.23. The summed E-state index contributed by atoms with van der Waals surface area (Å²) in [6.07, 6.45) is 0. The van der Waals surface area contributed by atoms with Crippen molar-refractivity contribution >= 4 is 60.7 Å². The van der Waals surface area contributed by atoms with E-state index in [0.717, 1.165) is 77.4 Å². The standard InChI is InChI=1S/C58H33N7/c59-34-38-14-26-53(44(30-38)36-61)64-55-12-6-4-10-49(55)51-32-47(24-28-57(51)64)63(46-22-20-43(21-23-46)42-18-16-41(17-19-42)40-8-2-1-3-9-40)48-25-29-58-52(33-48)50-11-5-7-13-56(50)65(58)54-27-15-39(35-60)31-45(54)37-62/h1-33H. The number of para-hydroxylation sites is 2. The van der Waals surface area contributed by atoms with Gasteiger partial charge in [0, 0.05) is 38.6 Å². The van der Waals surface area contributed by atoms with Crippen LogP contribution in [0, 0.1) is 45.3 Å². The maximum absolute atomic E-state index is 10.3. The summed E-state index contributed by atoms with van der Waals surface area (Å²) < 4.78 is 4.21. The molecule has 300 valence electrons. The number of nitrogens with zero attached hydrogens (tertiary/aromatic N) is 7. The summed E-state index contributed by atoms with van der Waals surface area (Å²) in [6.45, 7) is 0. The molecule has 0 bridgehead atoms. The minimum Gasteiger partial charge on any atom is -0.310 e. The first-order chi connectivity index (χ1) is 32.0. The molecule has 2 heterocycles. The fraction of sp³-hybridized carbons (Fsp3) is 0. The summed E-state index contributed by atoms with van der Waals surface area (Å²) in [4.78, 5) is 2.27. The molecule has 11 aromatic rings. The molecule has 0 unspecified atom stereocenters. The molecular weight excluding hydrogens is 795 g/mol. The molecule has 0 saturated carbocycles. The van der Waals surface area contributed by atoms with Gasteiger partial charge in [-0.05, 0) is 119 Å². The Bertz CT molecular complexity index is 3670. The molecule has 0 spiro atoms. The van der Waals surface area contributed by atoms with Crippen LogP contribution in [0.1, 0.15) is 22.3 Å². The van der Waals surface area contributed by atoms with Gasteiger partial charge in [-0.25, -0.2) is 0 Å². The van der Waals surface area contributed by atoms with E-state index in [0.29, 0.717) is 33.6 Å². The lowest BCUT2D eigenvalue weighted by Crippen LogP contribution is -2.10. The zero-order valence-electron chi connectivity index (χ0n) is 34.7. The number of fused-ring (bicyclic) bond motifs is 6. The molecule has 0 aliphatic heterocycles. The Balaban J connectivity index is 1.10. The van der Waals surface area contributed by atoms with Gasteiger partial charge in [-0.15, -0.1) is 0 Å². The van der Waals surface area contributed by atoms with Crippen LogP contribution in [0.25, 0.3) is 77.2 Å². The van der Waals surface area contributed by atoms with Crippen molar-refractivity contribution in [3.05, 3.63) is 222 Å². The second-order valence-electron chi connectivity index (χ2n) is 15.8. The lowest BCUT2D eigenvalue weighted by molar-refractivity contribution is 1.16. The predicted molar refractivity (Wildman–Crippen MR) is 260 cm³/mol. The molecule has 0 saturated heterocycles. The lowest BCUT2D eigenvalue weighted by atomic mass is 10.00. The molecule has 0 N–H and O–H groups in total. The third-order valence-corrected chi connectivity index (χ3v) is 12.3. The maximum Gasteiger partial charge on any atom is 0.101 e. The molecule has 0 aliphatic rings. The fourth-order valence-electron chi connectivity index (χ4n) is 9.24. The van der Waals surface area contributed by atoms with Crippen molar-refractivity contribution in [3.63, 3.8) is 0 Å². The Labute approximate surface area is 374 Å². The Hall–Kier alpha value is -9.66. The summed E-state index contributed by atoms with van der Waals surface area (Å²) in [7, 11) is 0. The number of benzene rings is 9. The highest BCUT2D eigenvalue weighted by molar-refractivity contribution is 6.12. The highest BCUT2D eigenvalue weighted by atomic mass is 15.1. The predicted octanol–water partition coefficient (Wildman–Crippen LogP) is 14.2. The number of hydrogen-bond acceptors (Lipinski definition) is 5. The number of rotatable bonds is 7. The van der Waals surface area contributed by atoms with E-state index >= 15 is 0 Å². The van der Waals surface area contributed by atoms with Crippen LogP contribution in [0.2, 0.25) is 0 Å². The van der Waals surface area contributed by atoms with Crippen LogP contribution in [0.3, 0.4) is 0 Å². The average molecular weight is 828 g/mol. The van der Waals surface area contributed by atoms with Crippen molar-refractivity contribution < 1.29 is 0 Å². The van der Waals surface area contributed by atoms with Gasteiger partial charge in [-0.3, -0.25) is 0 Å². The minimum atomic E-state index is 0.419.